The molecule has 118 valence electrons. The highest BCUT2D eigenvalue weighted by atomic mass is 35.5. The molecule has 3 heteroatoms. The molecule has 1 N–H and O–H groups in total. The van der Waals surface area contributed by atoms with Crippen molar-refractivity contribution < 1.29 is 4.39 Å². The van der Waals surface area contributed by atoms with Gasteiger partial charge in [-0.2, -0.15) is 0 Å². The third-order valence-corrected chi connectivity index (χ3v) is 5.03. The minimum atomic E-state index is -0.146. The van der Waals surface area contributed by atoms with Crippen LogP contribution in [0.15, 0.2) is 18.2 Å². The highest BCUT2D eigenvalue weighted by molar-refractivity contribution is 6.31. The van der Waals surface area contributed by atoms with Crippen molar-refractivity contribution in [3.8, 4) is 0 Å². The minimum Gasteiger partial charge on any atom is -0.316 e. The smallest absolute Gasteiger partial charge is 0.127 e. The van der Waals surface area contributed by atoms with Gasteiger partial charge in [0.05, 0.1) is 0 Å². The molecule has 1 saturated carbocycles. The largest absolute Gasteiger partial charge is 0.316 e. The molecule has 0 saturated heterocycles. The second-order valence-corrected chi connectivity index (χ2v) is 6.67. The van der Waals surface area contributed by atoms with Crippen molar-refractivity contribution in [2.24, 2.45) is 11.8 Å². The number of benzene rings is 1. The van der Waals surface area contributed by atoms with Crippen LogP contribution in [0.25, 0.3) is 0 Å². The lowest BCUT2D eigenvalue weighted by atomic mass is 9.83. The van der Waals surface area contributed by atoms with Gasteiger partial charge in [0.25, 0.3) is 0 Å². The molecule has 0 radical (unpaired) electrons. The lowest BCUT2D eigenvalue weighted by molar-refractivity contribution is 0.295. The van der Waals surface area contributed by atoms with E-state index in [2.05, 4.69) is 12.2 Å². The first-order chi connectivity index (χ1) is 10.2. The molecule has 1 aromatic carbocycles. The highest BCUT2D eigenvalue weighted by Gasteiger charge is 2.25. The second kappa shape index (κ2) is 8.75. The van der Waals surface area contributed by atoms with Crippen molar-refractivity contribution in [1.82, 2.24) is 5.32 Å². The summed E-state index contributed by atoms with van der Waals surface area (Å²) >= 11 is 6.21. The molecule has 2 unspecified atom stereocenters. The van der Waals surface area contributed by atoms with Gasteiger partial charge >= 0.3 is 0 Å². The molecule has 2 atom stereocenters. The Kier molecular flexibility index (Phi) is 6.98. The van der Waals surface area contributed by atoms with Crippen molar-refractivity contribution in [3.63, 3.8) is 0 Å². The monoisotopic (exact) mass is 311 g/mol. The molecule has 0 spiro atoms. The van der Waals surface area contributed by atoms with Crippen molar-refractivity contribution in [2.75, 3.05) is 13.1 Å². The van der Waals surface area contributed by atoms with E-state index in [0.29, 0.717) is 22.4 Å². The third-order valence-electron chi connectivity index (χ3n) is 4.68. The first-order valence-corrected chi connectivity index (χ1v) is 8.73. The van der Waals surface area contributed by atoms with E-state index in [-0.39, 0.29) is 5.82 Å². The summed E-state index contributed by atoms with van der Waals surface area (Å²) < 4.78 is 14.0. The molecule has 1 aromatic rings. The van der Waals surface area contributed by atoms with E-state index in [1.807, 2.05) is 0 Å². The lowest BCUT2D eigenvalue weighted by Gasteiger charge is -2.26. The van der Waals surface area contributed by atoms with Crippen LogP contribution in [0.1, 0.15) is 51.0 Å². The van der Waals surface area contributed by atoms with Gasteiger partial charge < -0.3 is 5.32 Å². The topological polar surface area (TPSA) is 12.0 Å². The van der Waals surface area contributed by atoms with Crippen LogP contribution in [0.5, 0.6) is 0 Å². The quantitative estimate of drug-likeness (QED) is 0.561. The summed E-state index contributed by atoms with van der Waals surface area (Å²) in [6.07, 6.45) is 8.28. The SMILES string of the molecule is CCCNCC1CCCCCC1Cc1c(F)cccc1Cl. The van der Waals surface area contributed by atoms with Gasteiger partial charge in [0.15, 0.2) is 0 Å². The third kappa shape index (κ3) is 4.96. The lowest BCUT2D eigenvalue weighted by Crippen LogP contribution is -2.29. The zero-order valence-electron chi connectivity index (χ0n) is 13.0. The predicted molar refractivity (Wildman–Crippen MR) is 88.3 cm³/mol. The molecule has 1 nitrogen and oxygen atoms in total. The van der Waals surface area contributed by atoms with Crippen molar-refractivity contribution in [3.05, 3.63) is 34.6 Å². The van der Waals surface area contributed by atoms with Crippen LogP contribution in [0.4, 0.5) is 4.39 Å². The summed E-state index contributed by atoms with van der Waals surface area (Å²) in [4.78, 5) is 0. The normalized spacial score (nSPS) is 23.0. The number of nitrogens with one attached hydrogen (secondary N) is 1. The summed E-state index contributed by atoms with van der Waals surface area (Å²) in [5.41, 5.74) is 0.714. The number of hydrogen-bond acceptors (Lipinski definition) is 1. The highest BCUT2D eigenvalue weighted by Crippen LogP contribution is 2.33. The summed E-state index contributed by atoms with van der Waals surface area (Å²) in [5, 5.41) is 4.13. The molecule has 1 aliphatic carbocycles. The first-order valence-electron chi connectivity index (χ1n) is 8.36. The molecular formula is C18H27ClFN. The Morgan fingerprint density at radius 3 is 2.67 bits per heavy atom. The molecule has 2 rings (SSSR count). The van der Waals surface area contributed by atoms with Gasteiger partial charge in [-0.3, -0.25) is 0 Å². The summed E-state index contributed by atoms with van der Waals surface area (Å²) in [6, 6.07) is 5.03. The molecule has 0 heterocycles. The molecule has 1 aliphatic rings. The van der Waals surface area contributed by atoms with Crippen molar-refractivity contribution in [1.29, 1.82) is 0 Å². The van der Waals surface area contributed by atoms with E-state index in [4.69, 9.17) is 11.6 Å². The number of halogens is 2. The fourth-order valence-electron chi connectivity index (χ4n) is 3.45. The summed E-state index contributed by atoms with van der Waals surface area (Å²) in [7, 11) is 0. The maximum absolute atomic E-state index is 14.0. The Bertz CT molecular complexity index is 415. The van der Waals surface area contributed by atoms with Gasteiger partial charge in [-0.25, -0.2) is 4.39 Å². The van der Waals surface area contributed by atoms with Gasteiger partial charge in [-0.1, -0.05) is 43.9 Å². The van der Waals surface area contributed by atoms with E-state index >= 15 is 0 Å². The Labute approximate surface area is 133 Å². The number of rotatable bonds is 6. The molecule has 21 heavy (non-hydrogen) atoms. The molecule has 0 aromatic heterocycles. The van der Waals surface area contributed by atoms with E-state index in [9.17, 15) is 4.39 Å². The molecular weight excluding hydrogens is 285 g/mol. The van der Waals surface area contributed by atoms with Gasteiger partial charge in [0.2, 0.25) is 0 Å². The maximum atomic E-state index is 14.0. The van der Waals surface area contributed by atoms with E-state index in [1.54, 1.807) is 12.1 Å². The van der Waals surface area contributed by atoms with Crippen LogP contribution in [0.2, 0.25) is 5.02 Å². The van der Waals surface area contributed by atoms with Gasteiger partial charge in [-0.05, 0) is 62.7 Å². The van der Waals surface area contributed by atoms with E-state index < -0.39 is 0 Å². The summed E-state index contributed by atoms with van der Waals surface area (Å²) in [6.45, 7) is 4.32. The zero-order valence-corrected chi connectivity index (χ0v) is 13.8. The van der Waals surface area contributed by atoms with Crippen LogP contribution in [0.3, 0.4) is 0 Å². The maximum Gasteiger partial charge on any atom is 0.127 e. The Morgan fingerprint density at radius 2 is 1.95 bits per heavy atom. The average molecular weight is 312 g/mol. The predicted octanol–water partition coefficient (Wildman–Crippen LogP) is 5.22. The number of hydrogen-bond donors (Lipinski definition) is 1. The van der Waals surface area contributed by atoms with E-state index in [1.165, 1.54) is 38.2 Å². The fourth-order valence-corrected chi connectivity index (χ4v) is 3.69. The van der Waals surface area contributed by atoms with Crippen LogP contribution in [-0.2, 0) is 6.42 Å². The molecule has 0 aliphatic heterocycles. The van der Waals surface area contributed by atoms with Gasteiger partial charge in [0, 0.05) is 10.6 Å². The van der Waals surface area contributed by atoms with Gasteiger partial charge in [-0.15, -0.1) is 0 Å². The second-order valence-electron chi connectivity index (χ2n) is 6.27. The first kappa shape index (κ1) is 16.8. The van der Waals surface area contributed by atoms with Crippen LogP contribution >= 0.6 is 11.6 Å². The Morgan fingerprint density at radius 1 is 1.19 bits per heavy atom. The Hall–Kier alpha value is -0.600. The molecule has 1 fully saturated rings. The minimum absolute atomic E-state index is 0.146. The standard InChI is InChI=1S/C18H27ClFN/c1-2-11-21-13-15-8-5-3-4-7-14(15)12-16-17(19)9-6-10-18(16)20/h6,9-10,14-15,21H,2-5,7-8,11-13H2,1H3. The zero-order chi connectivity index (χ0) is 15.1. The Balaban J connectivity index is 2.05. The summed E-state index contributed by atoms with van der Waals surface area (Å²) in [5.74, 6) is 1.05. The van der Waals surface area contributed by atoms with Gasteiger partial charge in [0.1, 0.15) is 5.82 Å². The van der Waals surface area contributed by atoms with E-state index in [0.717, 1.165) is 25.9 Å². The fraction of sp³-hybridized carbons (Fsp3) is 0.667. The molecule has 0 amide bonds. The van der Waals surface area contributed by atoms with Crippen LogP contribution in [0, 0.1) is 17.7 Å². The van der Waals surface area contributed by atoms with Crippen molar-refractivity contribution >= 4 is 11.6 Å². The van der Waals surface area contributed by atoms with Crippen molar-refractivity contribution in [2.45, 2.75) is 51.9 Å². The molecule has 0 bridgehead atoms. The van der Waals surface area contributed by atoms with Crippen LogP contribution < -0.4 is 5.32 Å². The van der Waals surface area contributed by atoms with Crippen LogP contribution in [-0.4, -0.2) is 13.1 Å². The average Bonchev–Trinajstić information content (AvgIpc) is 2.69.